The molecule has 1 saturated heterocycles. The fourth-order valence-corrected chi connectivity index (χ4v) is 2.88. The first-order valence-corrected chi connectivity index (χ1v) is 7.53. The van der Waals surface area contributed by atoms with Gasteiger partial charge in [-0.1, -0.05) is 0 Å². The number of halogens is 2. The molecule has 118 valence electrons. The molecular weight excluding hydrogens is 286 g/mol. The van der Waals surface area contributed by atoms with E-state index in [1.54, 1.807) is 6.07 Å². The molecule has 2 heterocycles. The Morgan fingerprint density at radius 2 is 2.23 bits per heavy atom. The lowest BCUT2D eigenvalue weighted by molar-refractivity contribution is 0.507. The van der Waals surface area contributed by atoms with Crippen LogP contribution in [0.15, 0.2) is 24.4 Å². The van der Waals surface area contributed by atoms with Gasteiger partial charge in [0.1, 0.15) is 0 Å². The van der Waals surface area contributed by atoms with Gasteiger partial charge in [-0.05, 0) is 31.4 Å². The number of hydrogen-bond acceptors (Lipinski definition) is 3. The number of rotatable bonds is 5. The predicted octanol–water partition coefficient (Wildman–Crippen LogP) is 2.61. The minimum atomic E-state index is -0.795. The lowest BCUT2D eigenvalue weighted by Crippen LogP contribution is -2.26. The molecule has 0 bridgehead atoms. The van der Waals surface area contributed by atoms with Gasteiger partial charge in [0.25, 0.3) is 0 Å². The van der Waals surface area contributed by atoms with E-state index in [9.17, 15) is 8.78 Å². The summed E-state index contributed by atoms with van der Waals surface area (Å²) in [7, 11) is 0. The molecule has 2 aromatic rings. The van der Waals surface area contributed by atoms with Crippen LogP contribution in [0.4, 0.5) is 14.5 Å². The van der Waals surface area contributed by atoms with Gasteiger partial charge in [-0.3, -0.25) is 5.10 Å². The standard InChI is InChI=1S/C16H20F2N4/c1-11-13(9-20-21-11)8-19-7-12-4-5-22(10-12)14-2-3-15(17)16(18)6-14/h2-3,6,9,12,19H,4-5,7-8,10H2,1H3,(H,20,21). The number of aryl methyl sites for hydroxylation is 1. The van der Waals surface area contributed by atoms with E-state index in [1.807, 2.05) is 13.1 Å². The van der Waals surface area contributed by atoms with Crippen molar-refractivity contribution in [3.05, 3.63) is 47.3 Å². The molecule has 0 aliphatic carbocycles. The van der Waals surface area contributed by atoms with Gasteiger partial charge in [-0.15, -0.1) is 0 Å². The molecule has 1 aromatic heterocycles. The van der Waals surface area contributed by atoms with E-state index in [1.165, 1.54) is 17.7 Å². The Hall–Kier alpha value is -1.95. The Balaban J connectivity index is 1.49. The highest BCUT2D eigenvalue weighted by molar-refractivity contribution is 5.47. The van der Waals surface area contributed by atoms with Gasteiger partial charge in [0, 0.05) is 49.2 Å². The highest BCUT2D eigenvalue weighted by atomic mass is 19.2. The average molecular weight is 306 g/mol. The van der Waals surface area contributed by atoms with E-state index in [0.717, 1.165) is 44.0 Å². The molecule has 1 atom stereocenters. The quantitative estimate of drug-likeness (QED) is 0.892. The normalized spacial score (nSPS) is 18.1. The summed E-state index contributed by atoms with van der Waals surface area (Å²) in [6.45, 7) is 5.45. The zero-order valence-electron chi connectivity index (χ0n) is 12.6. The van der Waals surface area contributed by atoms with Crippen molar-refractivity contribution in [2.24, 2.45) is 5.92 Å². The van der Waals surface area contributed by atoms with Crippen molar-refractivity contribution in [3.8, 4) is 0 Å². The minimum Gasteiger partial charge on any atom is -0.371 e. The summed E-state index contributed by atoms with van der Waals surface area (Å²) in [5, 5.41) is 10.4. The van der Waals surface area contributed by atoms with Gasteiger partial charge in [0.15, 0.2) is 11.6 Å². The number of nitrogens with one attached hydrogen (secondary N) is 2. The lowest BCUT2D eigenvalue weighted by Gasteiger charge is -2.19. The van der Waals surface area contributed by atoms with Crippen LogP contribution in [0.5, 0.6) is 0 Å². The van der Waals surface area contributed by atoms with Crippen LogP contribution in [0.2, 0.25) is 0 Å². The number of hydrogen-bond donors (Lipinski definition) is 2. The van der Waals surface area contributed by atoms with Crippen LogP contribution < -0.4 is 10.2 Å². The zero-order valence-corrected chi connectivity index (χ0v) is 12.6. The van der Waals surface area contributed by atoms with E-state index in [-0.39, 0.29) is 0 Å². The zero-order chi connectivity index (χ0) is 15.5. The van der Waals surface area contributed by atoms with Gasteiger partial charge in [0.2, 0.25) is 0 Å². The minimum absolute atomic E-state index is 0.514. The van der Waals surface area contributed by atoms with Gasteiger partial charge in [-0.25, -0.2) is 8.78 Å². The molecule has 0 amide bonds. The molecule has 0 spiro atoms. The molecule has 1 aliphatic rings. The average Bonchev–Trinajstić information content (AvgIpc) is 3.12. The van der Waals surface area contributed by atoms with Crippen molar-refractivity contribution >= 4 is 5.69 Å². The molecule has 2 N–H and O–H groups in total. The first kappa shape index (κ1) is 15.0. The maximum atomic E-state index is 13.3. The Morgan fingerprint density at radius 3 is 2.95 bits per heavy atom. The Kier molecular flexibility index (Phi) is 4.38. The maximum Gasteiger partial charge on any atom is 0.160 e. The smallest absolute Gasteiger partial charge is 0.160 e. The van der Waals surface area contributed by atoms with Crippen molar-refractivity contribution in [1.29, 1.82) is 0 Å². The van der Waals surface area contributed by atoms with E-state index in [2.05, 4.69) is 20.4 Å². The van der Waals surface area contributed by atoms with Crippen molar-refractivity contribution in [2.45, 2.75) is 19.9 Å². The highest BCUT2D eigenvalue weighted by Crippen LogP contribution is 2.25. The molecule has 4 nitrogen and oxygen atoms in total. The van der Waals surface area contributed by atoms with Crippen molar-refractivity contribution in [1.82, 2.24) is 15.5 Å². The summed E-state index contributed by atoms with van der Waals surface area (Å²) in [4.78, 5) is 2.11. The third-order valence-corrected chi connectivity index (χ3v) is 4.24. The van der Waals surface area contributed by atoms with Gasteiger partial charge in [0.05, 0.1) is 6.20 Å². The molecule has 3 rings (SSSR count). The molecule has 1 aliphatic heterocycles. The summed E-state index contributed by atoms with van der Waals surface area (Å²) in [5.74, 6) is -1.06. The Labute approximate surface area is 128 Å². The van der Waals surface area contributed by atoms with Crippen LogP contribution in [0.3, 0.4) is 0 Å². The molecule has 1 unspecified atom stereocenters. The monoisotopic (exact) mass is 306 g/mol. The third-order valence-electron chi connectivity index (χ3n) is 4.24. The number of benzene rings is 1. The first-order valence-electron chi connectivity index (χ1n) is 7.53. The number of nitrogens with zero attached hydrogens (tertiary/aromatic N) is 2. The first-order chi connectivity index (χ1) is 10.6. The van der Waals surface area contributed by atoms with Crippen LogP contribution in [-0.2, 0) is 6.54 Å². The van der Waals surface area contributed by atoms with Crippen molar-refractivity contribution < 1.29 is 8.78 Å². The molecule has 6 heteroatoms. The van der Waals surface area contributed by atoms with E-state index in [0.29, 0.717) is 5.92 Å². The highest BCUT2D eigenvalue weighted by Gasteiger charge is 2.23. The second-order valence-electron chi connectivity index (χ2n) is 5.85. The number of H-pyrrole nitrogens is 1. The van der Waals surface area contributed by atoms with Gasteiger partial charge in [-0.2, -0.15) is 5.10 Å². The third kappa shape index (κ3) is 3.27. The summed E-state index contributed by atoms with van der Waals surface area (Å²) in [6.07, 6.45) is 2.89. The van der Waals surface area contributed by atoms with Crippen LogP contribution >= 0.6 is 0 Å². The van der Waals surface area contributed by atoms with E-state index < -0.39 is 11.6 Å². The second-order valence-corrected chi connectivity index (χ2v) is 5.85. The summed E-state index contributed by atoms with van der Waals surface area (Å²) < 4.78 is 26.3. The molecule has 1 aromatic carbocycles. The van der Waals surface area contributed by atoms with Crippen molar-refractivity contribution in [2.75, 3.05) is 24.5 Å². The van der Waals surface area contributed by atoms with E-state index in [4.69, 9.17) is 0 Å². The fraction of sp³-hybridized carbons (Fsp3) is 0.438. The largest absolute Gasteiger partial charge is 0.371 e. The van der Waals surface area contributed by atoms with Crippen molar-refractivity contribution in [3.63, 3.8) is 0 Å². The number of aromatic amines is 1. The number of anilines is 1. The lowest BCUT2D eigenvalue weighted by atomic mass is 10.1. The topological polar surface area (TPSA) is 44.0 Å². The predicted molar refractivity (Wildman–Crippen MR) is 81.7 cm³/mol. The molecule has 0 saturated carbocycles. The summed E-state index contributed by atoms with van der Waals surface area (Å²) in [5.41, 5.74) is 3.02. The van der Waals surface area contributed by atoms with Gasteiger partial charge < -0.3 is 10.2 Å². The number of aromatic nitrogens is 2. The van der Waals surface area contributed by atoms with Crippen LogP contribution in [0.1, 0.15) is 17.7 Å². The van der Waals surface area contributed by atoms with Crippen LogP contribution in [0.25, 0.3) is 0 Å². The van der Waals surface area contributed by atoms with Crippen LogP contribution in [0, 0.1) is 24.5 Å². The maximum absolute atomic E-state index is 13.3. The molecule has 0 radical (unpaired) electrons. The van der Waals surface area contributed by atoms with E-state index >= 15 is 0 Å². The van der Waals surface area contributed by atoms with Crippen LogP contribution in [-0.4, -0.2) is 29.8 Å². The molecule has 1 fully saturated rings. The Bertz CT molecular complexity index is 641. The fourth-order valence-electron chi connectivity index (χ4n) is 2.88. The molecule has 22 heavy (non-hydrogen) atoms. The van der Waals surface area contributed by atoms with Gasteiger partial charge >= 0.3 is 0 Å². The Morgan fingerprint density at radius 1 is 1.36 bits per heavy atom. The SMILES string of the molecule is Cc1[nH]ncc1CNCC1CCN(c2ccc(F)c(F)c2)C1. The summed E-state index contributed by atoms with van der Waals surface area (Å²) >= 11 is 0. The summed E-state index contributed by atoms with van der Waals surface area (Å²) in [6, 6.07) is 4.11. The molecular formula is C16H20F2N4. The second kappa shape index (κ2) is 6.44.